The summed E-state index contributed by atoms with van der Waals surface area (Å²) in [6.07, 6.45) is 0. The SMILES string of the molecule is NS(=O)(=O)N1CC(F)(c2ccccc2)C1. The van der Waals surface area contributed by atoms with E-state index < -0.39 is 15.9 Å². The summed E-state index contributed by atoms with van der Waals surface area (Å²) in [5.74, 6) is 0. The van der Waals surface area contributed by atoms with Gasteiger partial charge < -0.3 is 0 Å². The molecule has 2 rings (SSSR count). The van der Waals surface area contributed by atoms with E-state index in [1.54, 1.807) is 30.3 Å². The van der Waals surface area contributed by atoms with Crippen molar-refractivity contribution >= 4 is 10.2 Å². The molecule has 4 nitrogen and oxygen atoms in total. The Hall–Kier alpha value is -0.980. The van der Waals surface area contributed by atoms with Crippen LogP contribution >= 0.6 is 0 Å². The van der Waals surface area contributed by atoms with Gasteiger partial charge in [-0.15, -0.1) is 0 Å². The largest absolute Gasteiger partial charge is 0.277 e. The fourth-order valence-corrected chi connectivity index (χ4v) is 2.38. The Morgan fingerprint density at radius 2 is 1.80 bits per heavy atom. The normalized spacial score (nSPS) is 20.9. The second kappa shape index (κ2) is 3.26. The van der Waals surface area contributed by atoms with Crippen LogP contribution in [0.4, 0.5) is 4.39 Å². The number of nitrogens with two attached hydrogens (primary N) is 1. The fraction of sp³-hybridized carbons (Fsp3) is 0.333. The standard InChI is InChI=1S/C9H11FN2O2S/c10-9(8-4-2-1-3-5-8)6-12(7-9)15(11,13)14/h1-5H,6-7H2,(H2,11,13,14). The van der Waals surface area contributed by atoms with Crippen molar-refractivity contribution in [3.63, 3.8) is 0 Å². The smallest absolute Gasteiger partial charge is 0.236 e. The zero-order chi connectivity index (χ0) is 11.1. The minimum absolute atomic E-state index is 0.199. The number of rotatable bonds is 2. The third-order valence-corrected chi connectivity index (χ3v) is 3.48. The minimum Gasteiger partial charge on any atom is -0.236 e. The molecule has 2 N–H and O–H groups in total. The van der Waals surface area contributed by atoms with E-state index in [0.29, 0.717) is 5.56 Å². The second-order valence-corrected chi connectivity index (χ2v) is 5.19. The monoisotopic (exact) mass is 230 g/mol. The van der Waals surface area contributed by atoms with Crippen LogP contribution < -0.4 is 5.14 Å². The molecular formula is C9H11FN2O2S. The summed E-state index contributed by atoms with van der Waals surface area (Å²) in [4.78, 5) is 0. The van der Waals surface area contributed by atoms with E-state index in [4.69, 9.17) is 5.14 Å². The lowest BCUT2D eigenvalue weighted by molar-refractivity contribution is 0.0179. The lowest BCUT2D eigenvalue weighted by Crippen LogP contribution is -2.60. The first-order valence-corrected chi connectivity index (χ1v) is 5.94. The highest BCUT2D eigenvalue weighted by Crippen LogP contribution is 2.36. The third-order valence-electron chi connectivity index (χ3n) is 2.50. The molecule has 0 atom stereocenters. The average molecular weight is 230 g/mol. The second-order valence-electron chi connectivity index (χ2n) is 3.64. The van der Waals surface area contributed by atoms with Gasteiger partial charge in [0.2, 0.25) is 0 Å². The molecule has 82 valence electrons. The van der Waals surface area contributed by atoms with E-state index in [2.05, 4.69) is 0 Å². The Bertz CT molecular complexity index is 454. The van der Waals surface area contributed by atoms with E-state index in [-0.39, 0.29) is 13.1 Å². The summed E-state index contributed by atoms with van der Waals surface area (Å²) in [7, 11) is -3.75. The topological polar surface area (TPSA) is 63.4 Å². The molecule has 1 aromatic carbocycles. The van der Waals surface area contributed by atoms with Gasteiger partial charge in [-0.2, -0.15) is 12.7 Å². The predicted octanol–water partition coefficient (Wildman–Crippen LogP) is 0.371. The van der Waals surface area contributed by atoms with Crippen molar-refractivity contribution in [2.24, 2.45) is 5.14 Å². The Morgan fingerprint density at radius 1 is 1.27 bits per heavy atom. The molecule has 0 aliphatic carbocycles. The van der Waals surface area contributed by atoms with Gasteiger partial charge in [0, 0.05) is 0 Å². The molecule has 1 aliphatic heterocycles. The summed E-state index contributed by atoms with van der Waals surface area (Å²) >= 11 is 0. The van der Waals surface area contributed by atoms with Crippen molar-refractivity contribution in [1.29, 1.82) is 0 Å². The molecule has 15 heavy (non-hydrogen) atoms. The number of nitrogens with zero attached hydrogens (tertiary/aromatic N) is 1. The summed E-state index contributed by atoms with van der Waals surface area (Å²) in [6, 6.07) is 8.50. The Morgan fingerprint density at radius 3 is 2.27 bits per heavy atom. The zero-order valence-electron chi connectivity index (χ0n) is 7.93. The average Bonchev–Trinajstić information content (AvgIpc) is 2.13. The maximum absolute atomic E-state index is 14.1. The van der Waals surface area contributed by atoms with Crippen LogP contribution in [0.5, 0.6) is 0 Å². The number of alkyl halides is 1. The van der Waals surface area contributed by atoms with Crippen LogP contribution in [0.15, 0.2) is 30.3 Å². The van der Waals surface area contributed by atoms with E-state index in [1.807, 2.05) is 0 Å². The van der Waals surface area contributed by atoms with Gasteiger partial charge in [0.1, 0.15) is 0 Å². The summed E-state index contributed by atoms with van der Waals surface area (Å²) < 4.78 is 36.7. The van der Waals surface area contributed by atoms with Gasteiger partial charge in [0.15, 0.2) is 5.67 Å². The summed E-state index contributed by atoms with van der Waals surface area (Å²) in [6.45, 7) is -0.397. The van der Waals surface area contributed by atoms with Gasteiger partial charge in [0.05, 0.1) is 13.1 Å². The van der Waals surface area contributed by atoms with E-state index in [0.717, 1.165) is 4.31 Å². The van der Waals surface area contributed by atoms with Crippen molar-refractivity contribution in [1.82, 2.24) is 4.31 Å². The van der Waals surface area contributed by atoms with Crippen LogP contribution in [0.2, 0.25) is 0 Å². The van der Waals surface area contributed by atoms with Gasteiger partial charge in [-0.1, -0.05) is 30.3 Å². The van der Waals surface area contributed by atoms with Crippen LogP contribution in [-0.4, -0.2) is 25.8 Å². The fourth-order valence-electron chi connectivity index (χ4n) is 1.61. The quantitative estimate of drug-likeness (QED) is 0.797. The third kappa shape index (κ3) is 1.88. The molecule has 6 heteroatoms. The highest BCUT2D eigenvalue weighted by atomic mass is 32.2. The minimum atomic E-state index is -3.75. The molecular weight excluding hydrogens is 219 g/mol. The van der Waals surface area contributed by atoms with Crippen LogP contribution in [0.3, 0.4) is 0 Å². The molecule has 1 saturated heterocycles. The van der Waals surface area contributed by atoms with Crippen molar-refractivity contribution in [2.75, 3.05) is 13.1 Å². The number of hydrogen-bond donors (Lipinski definition) is 1. The van der Waals surface area contributed by atoms with Gasteiger partial charge in [-0.05, 0) is 5.56 Å². The lowest BCUT2D eigenvalue weighted by atomic mass is 9.90. The zero-order valence-corrected chi connectivity index (χ0v) is 8.74. The molecule has 0 aromatic heterocycles. The first-order chi connectivity index (χ1) is 6.92. The van der Waals surface area contributed by atoms with Crippen molar-refractivity contribution < 1.29 is 12.8 Å². The molecule has 0 amide bonds. The number of benzene rings is 1. The first kappa shape index (κ1) is 10.5. The summed E-state index contributed by atoms with van der Waals surface area (Å²) in [5.41, 5.74) is -1.10. The molecule has 1 heterocycles. The Labute approximate surface area is 87.7 Å². The molecule has 0 spiro atoms. The molecule has 0 saturated carbocycles. The molecule has 1 aromatic rings. The summed E-state index contributed by atoms with van der Waals surface area (Å²) in [5, 5.41) is 4.87. The Kier molecular flexibility index (Phi) is 2.29. The highest BCUT2D eigenvalue weighted by Gasteiger charge is 2.49. The van der Waals surface area contributed by atoms with E-state index in [9.17, 15) is 12.8 Å². The van der Waals surface area contributed by atoms with Crippen molar-refractivity contribution in [3.8, 4) is 0 Å². The number of hydrogen-bond acceptors (Lipinski definition) is 2. The van der Waals surface area contributed by atoms with Gasteiger partial charge >= 0.3 is 0 Å². The van der Waals surface area contributed by atoms with Gasteiger partial charge in [-0.3, -0.25) is 0 Å². The highest BCUT2D eigenvalue weighted by molar-refractivity contribution is 7.86. The van der Waals surface area contributed by atoms with Gasteiger partial charge in [-0.25, -0.2) is 9.53 Å². The van der Waals surface area contributed by atoms with Crippen molar-refractivity contribution in [3.05, 3.63) is 35.9 Å². The van der Waals surface area contributed by atoms with Crippen LogP contribution in [0.25, 0.3) is 0 Å². The molecule has 0 unspecified atom stereocenters. The number of halogens is 1. The molecule has 1 aliphatic rings. The Balaban J connectivity index is 2.16. The molecule has 1 fully saturated rings. The molecule has 0 radical (unpaired) electrons. The van der Waals surface area contributed by atoms with E-state index in [1.165, 1.54) is 0 Å². The van der Waals surface area contributed by atoms with Gasteiger partial charge in [0.25, 0.3) is 10.2 Å². The van der Waals surface area contributed by atoms with Crippen LogP contribution in [0.1, 0.15) is 5.56 Å². The van der Waals surface area contributed by atoms with Crippen LogP contribution in [-0.2, 0) is 15.9 Å². The van der Waals surface area contributed by atoms with E-state index >= 15 is 0 Å². The van der Waals surface area contributed by atoms with Crippen molar-refractivity contribution in [2.45, 2.75) is 5.67 Å². The maximum Gasteiger partial charge on any atom is 0.277 e. The predicted molar refractivity (Wildman–Crippen MR) is 53.9 cm³/mol. The lowest BCUT2D eigenvalue weighted by Gasteiger charge is -2.42. The van der Waals surface area contributed by atoms with Crippen LogP contribution in [0, 0.1) is 0 Å². The maximum atomic E-state index is 14.1. The molecule has 0 bridgehead atoms. The first-order valence-electron chi connectivity index (χ1n) is 4.44.